The van der Waals surface area contributed by atoms with Gasteiger partial charge in [0.1, 0.15) is 5.82 Å². The Kier molecular flexibility index (Phi) is 4.34. The maximum atomic E-state index is 13.3. The molecule has 1 fully saturated rings. The van der Waals surface area contributed by atoms with Crippen LogP contribution < -0.4 is 5.32 Å². The summed E-state index contributed by atoms with van der Waals surface area (Å²) >= 11 is 0. The van der Waals surface area contributed by atoms with Gasteiger partial charge in [-0.1, -0.05) is 12.1 Å². The summed E-state index contributed by atoms with van der Waals surface area (Å²) in [5, 5.41) is 3.12. The first kappa shape index (κ1) is 12.3. The van der Waals surface area contributed by atoms with Crippen LogP contribution in [0.2, 0.25) is 0 Å². The van der Waals surface area contributed by atoms with E-state index in [1.165, 1.54) is 6.07 Å². The molecule has 1 unspecified atom stereocenters. The maximum absolute atomic E-state index is 13.3. The number of nitrogens with zero attached hydrogens (tertiary/aromatic N) is 1. The van der Waals surface area contributed by atoms with Crippen molar-refractivity contribution >= 4 is 5.69 Å². The highest BCUT2D eigenvalue weighted by Gasteiger charge is 2.21. The second kappa shape index (κ2) is 5.98. The number of methoxy groups -OCH3 is 1. The maximum Gasteiger partial charge on any atom is 0.146 e. The number of hydrogen-bond donors (Lipinski definition) is 1. The summed E-state index contributed by atoms with van der Waals surface area (Å²) in [6.45, 7) is 3.73. The van der Waals surface area contributed by atoms with Crippen LogP contribution in [0.25, 0.3) is 0 Å². The molecule has 1 aliphatic rings. The van der Waals surface area contributed by atoms with E-state index < -0.39 is 0 Å². The van der Waals surface area contributed by atoms with Crippen molar-refractivity contribution in [3.05, 3.63) is 30.1 Å². The van der Waals surface area contributed by atoms with E-state index >= 15 is 0 Å². The summed E-state index contributed by atoms with van der Waals surface area (Å²) in [4.78, 5) is 2.34. The molecule has 1 atom stereocenters. The molecule has 1 aromatic carbocycles. The highest BCUT2D eigenvalue weighted by Crippen LogP contribution is 2.13. The van der Waals surface area contributed by atoms with Gasteiger partial charge in [0.25, 0.3) is 0 Å². The van der Waals surface area contributed by atoms with Gasteiger partial charge in [0.05, 0.1) is 11.8 Å². The Morgan fingerprint density at radius 1 is 1.47 bits per heavy atom. The van der Waals surface area contributed by atoms with Crippen molar-refractivity contribution in [1.82, 2.24) is 4.90 Å². The first-order valence-electron chi connectivity index (χ1n) is 6.03. The van der Waals surface area contributed by atoms with E-state index in [1.807, 2.05) is 6.07 Å². The fourth-order valence-electron chi connectivity index (χ4n) is 2.15. The zero-order valence-corrected chi connectivity index (χ0v) is 10.2. The molecule has 4 heteroatoms. The molecular formula is C13H19FN2O. The molecular weight excluding hydrogens is 219 g/mol. The molecule has 1 saturated heterocycles. The summed E-state index contributed by atoms with van der Waals surface area (Å²) in [5.74, 6) is -0.191. The Balaban J connectivity index is 1.72. The number of para-hydroxylation sites is 1. The van der Waals surface area contributed by atoms with E-state index in [2.05, 4.69) is 10.2 Å². The van der Waals surface area contributed by atoms with Gasteiger partial charge in [-0.15, -0.1) is 0 Å². The van der Waals surface area contributed by atoms with Crippen LogP contribution in [0.3, 0.4) is 0 Å². The standard InChI is InChI=1S/C13H19FN2O/c1-17-11-6-8-16(10-11)9-7-15-13-5-3-2-4-12(13)14/h2-5,11,15H,6-10H2,1H3. The molecule has 94 valence electrons. The molecule has 0 saturated carbocycles. The van der Waals surface area contributed by atoms with Gasteiger partial charge in [0.15, 0.2) is 0 Å². The predicted octanol–water partition coefficient (Wildman–Crippen LogP) is 1.96. The highest BCUT2D eigenvalue weighted by atomic mass is 19.1. The number of likely N-dealkylation sites (tertiary alicyclic amines) is 1. The van der Waals surface area contributed by atoms with Gasteiger partial charge in [-0.05, 0) is 18.6 Å². The average molecular weight is 238 g/mol. The molecule has 0 spiro atoms. The van der Waals surface area contributed by atoms with Crippen LogP contribution >= 0.6 is 0 Å². The van der Waals surface area contributed by atoms with Gasteiger partial charge in [-0.3, -0.25) is 4.90 Å². The van der Waals surface area contributed by atoms with Crippen LogP contribution in [0.5, 0.6) is 0 Å². The van der Waals surface area contributed by atoms with Crippen LogP contribution in [0.1, 0.15) is 6.42 Å². The molecule has 0 aliphatic carbocycles. The molecule has 0 radical (unpaired) electrons. The van der Waals surface area contributed by atoms with Crippen molar-refractivity contribution in [2.45, 2.75) is 12.5 Å². The Hall–Kier alpha value is -1.13. The Bertz CT molecular complexity index is 359. The lowest BCUT2D eigenvalue weighted by Gasteiger charge is -2.16. The summed E-state index contributed by atoms with van der Waals surface area (Å²) in [6.07, 6.45) is 1.46. The second-order valence-corrected chi connectivity index (χ2v) is 4.35. The normalized spacial score (nSPS) is 20.7. The fraction of sp³-hybridized carbons (Fsp3) is 0.538. The number of halogens is 1. The first-order valence-corrected chi connectivity index (χ1v) is 6.03. The van der Waals surface area contributed by atoms with Crippen molar-refractivity contribution in [3.63, 3.8) is 0 Å². The molecule has 0 amide bonds. The zero-order chi connectivity index (χ0) is 12.1. The summed E-state index contributed by atoms with van der Waals surface area (Å²) in [6, 6.07) is 6.77. The minimum absolute atomic E-state index is 0.191. The van der Waals surface area contributed by atoms with Crippen LogP contribution in [0, 0.1) is 5.82 Å². The molecule has 17 heavy (non-hydrogen) atoms. The summed E-state index contributed by atoms with van der Waals surface area (Å²) < 4.78 is 18.6. The largest absolute Gasteiger partial charge is 0.381 e. The van der Waals surface area contributed by atoms with Crippen molar-refractivity contribution in [2.24, 2.45) is 0 Å². The number of rotatable bonds is 5. The van der Waals surface area contributed by atoms with Gasteiger partial charge < -0.3 is 10.1 Å². The third-order valence-corrected chi connectivity index (χ3v) is 3.18. The van der Waals surface area contributed by atoms with Crippen LogP contribution in [0.15, 0.2) is 24.3 Å². The van der Waals surface area contributed by atoms with Crippen molar-refractivity contribution in [2.75, 3.05) is 38.6 Å². The lowest BCUT2D eigenvalue weighted by Crippen LogP contribution is -2.28. The monoisotopic (exact) mass is 238 g/mol. The predicted molar refractivity (Wildman–Crippen MR) is 66.7 cm³/mol. The van der Waals surface area contributed by atoms with Crippen molar-refractivity contribution in [3.8, 4) is 0 Å². The van der Waals surface area contributed by atoms with Crippen LogP contribution in [0.4, 0.5) is 10.1 Å². The molecule has 1 aliphatic heterocycles. The summed E-state index contributed by atoms with van der Waals surface area (Å²) in [5.41, 5.74) is 0.579. The number of anilines is 1. The first-order chi connectivity index (χ1) is 8.29. The van der Waals surface area contributed by atoms with E-state index in [1.54, 1.807) is 19.2 Å². The van der Waals surface area contributed by atoms with Crippen LogP contribution in [-0.4, -0.2) is 44.3 Å². The minimum atomic E-state index is -0.191. The highest BCUT2D eigenvalue weighted by molar-refractivity contribution is 5.44. The molecule has 0 aromatic heterocycles. The lowest BCUT2D eigenvalue weighted by molar-refractivity contribution is 0.108. The number of nitrogens with one attached hydrogen (secondary N) is 1. The second-order valence-electron chi connectivity index (χ2n) is 4.35. The van der Waals surface area contributed by atoms with Gasteiger partial charge in [0, 0.05) is 33.3 Å². The lowest BCUT2D eigenvalue weighted by atomic mass is 10.3. The van der Waals surface area contributed by atoms with E-state index in [-0.39, 0.29) is 5.82 Å². The molecule has 3 nitrogen and oxygen atoms in total. The van der Waals surface area contributed by atoms with Crippen molar-refractivity contribution < 1.29 is 9.13 Å². The van der Waals surface area contributed by atoms with Crippen molar-refractivity contribution in [1.29, 1.82) is 0 Å². The quantitative estimate of drug-likeness (QED) is 0.848. The number of ether oxygens (including phenoxy) is 1. The average Bonchev–Trinajstić information content (AvgIpc) is 2.80. The number of hydrogen-bond acceptors (Lipinski definition) is 3. The van der Waals surface area contributed by atoms with Crippen LogP contribution in [-0.2, 0) is 4.74 Å². The number of benzene rings is 1. The third kappa shape index (κ3) is 3.41. The van der Waals surface area contributed by atoms with Gasteiger partial charge in [0.2, 0.25) is 0 Å². The molecule has 1 heterocycles. The van der Waals surface area contributed by atoms with E-state index in [0.29, 0.717) is 11.8 Å². The van der Waals surface area contributed by atoms with E-state index in [0.717, 1.165) is 32.6 Å². The molecule has 2 rings (SSSR count). The van der Waals surface area contributed by atoms with Gasteiger partial charge in [-0.25, -0.2) is 4.39 Å². The Morgan fingerprint density at radius 3 is 3.00 bits per heavy atom. The van der Waals surface area contributed by atoms with Gasteiger partial charge in [-0.2, -0.15) is 0 Å². The minimum Gasteiger partial charge on any atom is -0.381 e. The Morgan fingerprint density at radius 2 is 2.29 bits per heavy atom. The smallest absolute Gasteiger partial charge is 0.146 e. The summed E-state index contributed by atoms with van der Waals surface area (Å²) in [7, 11) is 1.76. The van der Waals surface area contributed by atoms with E-state index in [9.17, 15) is 4.39 Å². The fourth-order valence-corrected chi connectivity index (χ4v) is 2.15. The van der Waals surface area contributed by atoms with E-state index in [4.69, 9.17) is 4.74 Å². The Labute approximate surface area is 102 Å². The zero-order valence-electron chi connectivity index (χ0n) is 10.2. The topological polar surface area (TPSA) is 24.5 Å². The molecule has 1 N–H and O–H groups in total. The molecule has 0 bridgehead atoms. The third-order valence-electron chi connectivity index (χ3n) is 3.18. The van der Waals surface area contributed by atoms with Gasteiger partial charge >= 0.3 is 0 Å². The molecule has 1 aromatic rings. The SMILES string of the molecule is COC1CCN(CCNc2ccccc2F)C1.